The Kier molecular flexibility index (Phi) is 5.94. The third-order valence-corrected chi connectivity index (χ3v) is 3.58. The van der Waals surface area contributed by atoms with Crippen molar-refractivity contribution < 1.29 is 9.59 Å². The molecular weight excluding hydrogens is 264 g/mol. The molecule has 1 rings (SSSR count). The lowest BCUT2D eigenvalue weighted by Gasteiger charge is -2.23. The lowest BCUT2D eigenvalue weighted by molar-refractivity contribution is -0.138. The molecule has 4 heteroatoms. The van der Waals surface area contributed by atoms with Gasteiger partial charge < -0.3 is 10.6 Å². The molecule has 1 aromatic carbocycles. The number of anilines is 1. The molecule has 0 aliphatic carbocycles. The van der Waals surface area contributed by atoms with Crippen molar-refractivity contribution in [1.29, 1.82) is 0 Å². The van der Waals surface area contributed by atoms with Gasteiger partial charge in [0.05, 0.1) is 0 Å². The monoisotopic (exact) mass is 290 g/mol. The summed E-state index contributed by atoms with van der Waals surface area (Å²) in [5.41, 5.74) is 1.79. The zero-order valence-electron chi connectivity index (χ0n) is 13.7. The second-order valence-electron chi connectivity index (χ2n) is 6.01. The normalized spacial score (nSPS) is 11.1. The van der Waals surface area contributed by atoms with Gasteiger partial charge in [0.1, 0.15) is 5.41 Å². The van der Waals surface area contributed by atoms with Gasteiger partial charge in [-0.25, -0.2) is 0 Å². The fourth-order valence-corrected chi connectivity index (χ4v) is 1.94. The highest BCUT2D eigenvalue weighted by Gasteiger charge is 2.35. The number of aryl methyl sites for hydroxylation is 2. The van der Waals surface area contributed by atoms with Crippen molar-refractivity contribution >= 4 is 17.5 Å². The van der Waals surface area contributed by atoms with E-state index in [2.05, 4.69) is 17.6 Å². The van der Waals surface area contributed by atoms with E-state index < -0.39 is 5.41 Å². The molecule has 0 radical (unpaired) electrons. The largest absolute Gasteiger partial charge is 0.355 e. The number of nitrogens with one attached hydrogen (secondary N) is 2. The second-order valence-corrected chi connectivity index (χ2v) is 6.01. The van der Waals surface area contributed by atoms with E-state index in [-0.39, 0.29) is 11.8 Å². The molecule has 0 bridgehead atoms. The molecule has 21 heavy (non-hydrogen) atoms. The Labute approximate surface area is 127 Å². The molecule has 2 amide bonds. The molecule has 116 valence electrons. The molecule has 0 unspecified atom stereocenters. The van der Waals surface area contributed by atoms with Gasteiger partial charge in [-0.1, -0.05) is 31.0 Å². The Bertz CT molecular complexity index is 522. The summed E-state index contributed by atoms with van der Waals surface area (Å²) in [6, 6.07) is 5.81. The second kappa shape index (κ2) is 7.25. The lowest BCUT2D eigenvalue weighted by Crippen LogP contribution is -2.45. The topological polar surface area (TPSA) is 58.2 Å². The molecule has 0 saturated carbocycles. The Balaban J connectivity index is 2.74. The molecular formula is C17H26N2O2. The van der Waals surface area contributed by atoms with Gasteiger partial charge in [0.15, 0.2) is 0 Å². The summed E-state index contributed by atoms with van der Waals surface area (Å²) in [5.74, 6) is -0.526. The summed E-state index contributed by atoms with van der Waals surface area (Å²) in [4.78, 5) is 24.5. The van der Waals surface area contributed by atoms with Crippen LogP contribution in [0.1, 0.15) is 44.7 Å². The zero-order valence-corrected chi connectivity index (χ0v) is 13.7. The summed E-state index contributed by atoms with van der Waals surface area (Å²) in [6.45, 7) is 9.90. The van der Waals surface area contributed by atoms with Crippen LogP contribution in [0.25, 0.3) is 0 Å². The Hall–Kier alpha value is -1.84. The van der Waals surface area contributed by atoms with E-state index in [1.165, 1.54) is 0 Å². The van der Waals surface area contributed by atoms with Gasteiger partial charge in [-0.3, -0.25) is 9.59 Å². The number of carbonyl (C=O) groups is 2. The van der Waals surface area contributed by atoms with Gasteiger partial charge in [0.2, 0.25) is 11.8 Å². The highest BCUT2D eigenvalue weighted by atomic mass is 16.2. The number of hydrogen-bond acceptors (Lipinski definition) is 2. The Morgan fingerprint density at radius 2 is 1.81 bits per heavy atom. The van der Waals surface area contributed by atoms with Gasteiger partial charge in [0, 0.05) is 12.2 Å². The van der Waals surface area contributed by atoms with Crippen LogP contribution in [0, 0.1) is 19.3 Å². The molecule has 0 saturated heterocycles. The molecule has 0 aliphatic rings. The van der Waals surface area contributed by atoms with Crippen LogP contribution in [-0.4, -0.2) is 18.4 Å². The molecule has 0 atom stereocenters. The first-order valence-corrected chi connectivity index (χ1v) is 7.46. The van der Waals surface area contributed by atoms with Gasteiger partial charge >= 0.3 is 0 Å². The van der Waals surface area contributed by atoms with E-state index in [4.69, 9.17) is 0 Å². The minimum absolute atomic E-state index is 0.238. The lowest BCUT2D eigenvalue weighted by atomic mass is 9.90. The van der Waals surface area contributed by atoms with Gasteiger partial charge in [-0.2, -0.15) is 0 Å². The number of hydrogen-bond donors (Lipinski definition) is 2. The van der Waals surface area contributed by atoms with Crippen LogP contribution < -0.4 is 10.6 Å². The van der Waals surface area contributed by atoms with Crippen molar-refractivity contribution in [2.45, 2.75) is 47.5 Å². The summed E-state index contributed by atoms with van der Waals surface area (Å²) in [5, 5.41) is 5.66. The maximum atomic E-state index is 12.4. The van der Waals surface area contributed by atoms with Crippen LogP contribution in [0.15, 0.2) is 18.2 Å². The number of benzene rings is 1. The Morgan fingerprint density at radius 3 is 2.38 bits per heavy atom. The first-order valence-electron chi connectivity index (χ1n) is 7.46. The molecule has 0 spiro atoms. The van der Waals surface area contributed by atoms with E-state index >= 15 is 0 Å². The number of rotatable bonds is 6. The number of unbranched alkanes of at least 4 members (excludes halogenated alkanes) is 1. The summed E-state index contributed by atoms with van der Waals surface area (Å²) >= 11 is 0. The maximum absolute atomic E-state index is 12.4. The predicted octanol–water partition coefficient (Wildman–Crippen LogP) is 3.18. The van der Waals surface area contributed by atoms with Crippen LogP contribution in [-0.2, 0) is 9.59 Å². The summed E-state index contributed by atoms with van der Waals surface area (Å²) in [6.07, 6.45) is 1.93. The van der Waals surface area contributed by atoms with Gasteiger partial charge in [-0.15, -0.1) is 0 Å². The molecule has 2 N–H and O–H groups in total. The fraction of sp³-hybridized carbons (Fsp3) is 0.529. The smallest absolute Gasteiger partial charge is 0.239 e. The maximum Gasteiger partial charge on any atom is 0.239 e. The molecule has 0 aromatic heterocycles. The SMILES string of the molecule is CCCCNC(=O)C(C)(C)C(=O)Nc1ccc(C)cc1C. The van der Waals surface area contributed by atoms with Gasteiger partial charge in [0.25, 0.3) is 0 Å². The molecule has 0 heterocycles. The highest BCUT2D eigenvalue weighted by molar-refractivity contribution is 6.10. The predicted molar refractivity (Wildman–Crippen MR) is 86.2 cm³/mol. The van der Waals surface area contributed by atoms with Crippen LogP contribution in [0.3, 0.4) is 0 Å². The standard InChI is InChI=1S/C17H26N2O2/c1-6-7-10-18-15(20)17(4,5)16(21)19-14-9-8-12(2)11-13(14)3/h8-9,11H,6-7,10H2,1-5H3,(H,18,20)(H,19,21). The first kappa shape index (κ1) is 17.2. The van der Waals surface area contributed by atoms with Crippen molar-refractivity contribution in [3.63, 3.8) is 0 Å². The van der Waals surface area contributed by atoms with E-state index in [1.54, 1.807) is 13.8 Å². The van der Waals surface area contributed by atoms with Crippen molar-refractivity contribution in [3.8, 4) is 0 Å². The highest BCUT2D eigenvalue weighted by Crippen LogP contribution is 2.22. The minimum Gasteiger partial charge on any atom is -0.355 e. The van der Waals surface area contributed by atoms with Crippen LogP contribution in [0.5, 0.6) is 0 Å². The van der Waals surface area contributed by atoms with Crippen molar-refractivity contribution in [3.05, 3.63) is 29.3 Å². The van der Waals surface area contributed by atoms with Crippen molar-refractivity contribution in [1.82, 2.24) is 5.32 Å². The number of carbonyl (C=O) groups excluding carboxylic acids is 2. The molecule has 1 aromatic rings. The van der Waals surface area contributed by atoms with Crippen LogP contribution >= 0.6 is 0 Å². The first-order chi connectivity index (χ1) is 9.78. The third-order valence-electron chi connectivity index (χ3n) is 3.58. The van der Waals surface area contributed by atoms with Crippen LogP contribution in [0.4, 0.5) is 5.69 Å². The minimum atomic E-state index is -1.09. The fourth-order valence-electron chi connectivity index (χ4n) is 1.94. The molecule has 0 aliphatic heterocycles. The van der Waals surface area contributed by atoms with E-state index in [0.29, 0.717) is 6.54 Å². The quantitative estimate of drug-likeness (QED) is 0.624. The molecule has 4 nitrogen and oxygen atoms in total. The van der Waals surface area contributed by atoms with E-state index in [0.717, 1.165) is 29.7 Å². The summed E-state index contributed by atoms with van der Waals surface area (Å²) in [7, 11) is 0. The average molecular weight is 290 g/mol. The van der Waals surface area contributed by atoms with Crippen LogP contribution in [0.2, 0.25) is 0 Å². The Morgan fingerprint density at radius 1 is 1.14 bits per heavy atom. The van der Waals surface area contributed by atoms with Crippen molar-refractivity contribution in [2.75, 3.05) is 11.9 Å². The van der Waals surface area contributed by atoms with E-state index in [9.17, 15) is 9.59 Å². The van der Waals surface area contributed by atoms with Crippen molar-refractivity contribution in [2.24, 2.45) is 5.41 Å². The summed E-state index contributed by atoms with van der Waals surface area (Å²) < 4.78 is 0. The third kappa shape index (κ3) is 4.59. The van der Waals surface area contributed by atoms with Gasteiger partial charge in [-0.05, 0) is 45.7 Å². The molecule has 0 fully saturated rings. The zero-order chi connectivity index (χ0) is 16.0. The van der Waals surface area contributed by atoms with E-state index in [1.807, 2.05) is 32.0 Å². The number of amides is 2. The average Bonchev–Trinajstić information content (AvgIpc) is 2.41.